The zero-order chi connectivity index (χ0) is 11.6. The highest BCUT2D eigenvalue weighted by Gasteiger charge is 2.33. The minimum absolute atomic E-state index is 0.450. The third kappa shape index (κ3) is 4.48. The van der Waals surface area contributed by atoms with Crippen LogP contribution in [0.25, 0.3) is 0 Å². The Labute approximate surface area is 91.5 Å². The molecule has 0 bridgehead atoms. The second-order valence-electron chi connectivity index (χ2n) is 6.98. The van der Waals surface area contributed by atoms with Crippen molar-refractivity contribution in [2.75, 3.05) is 0 Å². The minimum atomic E-state index is 0.450. The molecule has 0 aromatic rings. The molecular weight excluding hydrogens is 168 g/mol. The first-order valence-corrected chi connectivity index (χ1v) is 6.10. The lowest BCUT2D eigenvalue weighted by Gasteiger charge is -2.41. The highest BCUT2D eigenvalue weighted by Crippen LogP contribution is 2.43. The lowest BCUT2D eigenvalue weighted by molar-refractivity contribution is 0.0926. The zero-order valence-electron chi connectivity index (χ0n) is 11.6. The molecule has 0 heteroatoms. The molecule has 1 unspecified atom stereocenters. The Kier molecular flexibility index (Phi) is 4.68. The summed E-state index contributed by atoms with van der Waals surface area (Å²) in [6.45, 7) is 19.0. The summed E-state index contributed by atoms with van der Waals surface area (Å²) < 4.78 is 0. The second kappa shape index (κ2) is 4.68. The highest BCUT2D eigenvalue weighted by atomic mass is 14.4. The molecule has 0 saturated heterocycles. The first-order valence-electron chi connectivity index (χ1n) is 6.10. The molecule has 0 aliphatic heterocycles. The summed E-state index contributed by atoms with van der Waals surface area (Å²) in [5.41, 5.74) is 0.924. The molecule has 0 radical (unpaired) electrons. The quantitative estimate of drug-likeness (QED) is 0.587. The summed E-state index contributed by atoms with van der Waals surface area (Å²) in [4.78, 5) is 0. The fourth-order valence-corrected chi connectivity index (χ4v) is 3.42. The van der Waals surface area contributed by atoms with E-state index in [2.05, 4.69) is 55.4 Å². The highest BCUT2D eigenvalue weighted by molar-refractivity contribution is 4.83. The van der Waals surface area contributed by atoms with Gasteiger partial charge in [0.15, 0.2) is 0 Å². The third-order valence-electron chi connectivity index (χ3n) is 3.23. The molecule has 0 amide bonds. The van der Waals surface area contributed by atoms with Gasteiger partial charge in [0.25, 0.3) is 0 Å². The summed E-state index contributed by atoms with van der Waals surface area (Å²) in [7, 11) is 0. The van der Waals surface area contributed by atoms with Gasteiger partial charge >= 0.3 is 0 Å². The van der Waals surface area contributed by atoms with E-state index in [1.54, 1.807) is 0 Å². The minimum Gasteiger partial charge on any atom is -0.0651 e. The number of hydrogen-bond donors (Lipinski definition) is 0. The van der Waals surface area contributed by atoms with Gasteiger partial charge in [-0.25, -0.2) is 0 Å². The van der Waals surface area contributed by atoms with Crippen LogP contribution in [0.1, 0.15) is 68.2 Å². The van der Waals surface area contributed by atoms with E-state index in [-0.39, 0.29) is 0 Å². The van der Waals surface area contributed by atoms with Gasteiger partial charge in [0, 0.05) is 0 Å². The molecule has 0 aliphatic carbocycles. The van der Waals surface area contributed by atoms with Crippen LogP contribution < -0.4 is 0 Å². The van der Waals surface area contributed by atoms with Gasteiger partial charge in [-0.1, -0.05) is 61.8 Å². The fourth-order valence-electron chi connectivity index (χ4n) is 3.42. The van der Waals surface area contributed by atoms with Crippen molar-refractivity contribution >= 4 is 0 Å². The first-order chi connectivity index (χ1) is 6.10. The number of rotatable bonds is 4. The van der Waals surface area contributed by atoms with Gasteiger partial charge in [-0.05, 0) is 29.1 Å². The van der Waals surface area contributed by atoms with Crippen molar-refractivity contribution in [3.05, 3.63) is 0 Å². The van der Waals surface area contributed by atoms with Gasteiger partial charge in [-0.3, -0.25) is 0 Å². The van der Waals surface area contributed by atoms with Crippen molar-refractivity contribution in [1.29, 1.82) is 0 Å². The largest absolute Gasteiger partial charge is 0.0651 e. The molecule has 0 fully saturated rings. The Morgan fingerprint density at radius 3 is 1.57 bits per heavy atom. The van der Waals surface area contributed by atoms with Crippen LogP contribution in [0.2, 0.25) is 0 Å². The van der Waals surface area contributed by atoms with Crippen LogP contribution in [-0.4, -0.2) is 0 Å². The lowest BCUT2D eigenvalue weighted by Crippen LogP contribution is -2.31. The lowest BCUT2D eigenvalue weighted by atomic mass is 9.65. The molecule has 0 heterocycles. The molecule has 14 heavy (non-hydrogen) atoms. The summed E-state index contributed by atoms with van der Waals surface area (Å²) in [6, 6.07) is 0. The smallest absolute Gasteiger partial charge is 0.0319 e. The summed E-state index contributed by atoms with van der Waals surface area (Å²) in [6.07, 6.45) is 2.62. The molecule has 0 N–H and O–H groups in total. The molecule has 0 rings (SSSR count). The predicted octanol–water partition coefficient (Wildman–Crippen LogP) is 5.13. The van der Waals surface area contributed by atoms with Crippen LogP contribution in [0, 0.1) is 22.7 Å². The first kappa shape index (κ1) is 14.0. The van der Waals surface area contributed by atoms with Crippen molar-refractivity contribution in [2.45, 2.75) is 68.2 Å². The maximum atomic E-state index is 2.44. The van der Waals surface area contributed by atoms with Crippen LogP contribution in [0.4, 0.5) is 0 Å². The van der Waals surface area contributed by atoms with E-state index >= 15 is 0 Å². The molecular formula is C14H30. The van der Waals surface area contributed by atoms with Gasteiger partial charge in [-0.15, -0.1) is 0 Å². The molecule has 0 aromatic heterocycles. The molecule has 1 atom stereocenters. The molecule has 0 saturated carbocycles. The Hall–Kier alpha value is 0. The Morgan fingerprint density at radius 1 is 0.929 bits per heavy atom. The van der Waals surface area contributed by atoms with E-state index in [0.717, 1.165) is 11.8 Å². The van der Waals surface area contributed by atoms with Gasteiger partial charge in [-0.2, -0.15) is 0 Å². The molecule has 0 aromatic carbocycles. The van der Waals surface area contributed by atoms with Gasteiger partial charge in [0.2, 0.25) is 0 Å². The van der Waals surface area contributed by atoms with Gasteiger partial charge in [0.05, 0.1) is 0 Å². The van der Waals surface area contributed by atoms with Crippen molar-refractivity contribution in [1.82, 2.24) is 0 Å². The molecule has 0 spiro atoms. The van der Waals surface area contributed by atoms with Gasteiger partial charge in [0.1, 0.15) is 0 Å². The monoisotopic (exact) mass is 198 g/mol. The summed E-state index contributed by atoms with van der Waals surface area (Å²) in [5.74, 6) is 1.65. The average Bonchev–Trinajstić information content (AvgIpc) is 1.79. The maximum absolute atomic E-state index is 2.44. The SMILES string of the molecule is CCC(C(C)C)C(C)(C)CC(C)(C)C. The molecule has 0 aliphatic rings. The Morgan fingerprint density at radius 2 is 1.36 bits per heavy atom. The zero-order valence-corrected chi connectivity index (χ0v) is 11.6. The topological polar surface area (TPSA) is 0 Å². The summed E-state index contributed by atoms with van der Waals surface area (Å²) in [5, 5.41) is 0. The molecule has 86 valence electrons. The Bertz CT molecular complexity index is 157. The predicted molar refractivity (Wildman–Crippen MR) is 66.5 cm³/mol. The van der Waals surface area contributed by atoms with Crippen LogP contribution in [0.3, 0.4) is 0 Å². The van der Waals surface area contributed by atoms with Crippen LogP contribution in [0.15, 0.2) is 0 Å². The third-order valence-corrected chi connectivity index (χ3v) is 3.23. The van der Waals surface area contributed by atoms with E-state index in [1.165, 1.54) is 12.8 Å². The van der Waals surface area contributed by atoms with E-state index in [4.69, 9.17) is 0 Å². The average molecular weight is 198 g/mol. The van der Waals surface area contributed by atoms with E-state index < -0.39 is 0 Å². The van der Waals surface area contributed by atoms with Crippen molar-refractivity contribution in [2.24, 2.45) is 22.7 Å². The van der Waals surface area contributed by atoms with Crippen LogP contribution in [0.5, 0.6) is 0 Å². The van der Waals surface area contributed by atoms with Crippen molar-refractivity contribution in [3.63, 3.8) is 0 Å². The standard InChI is InChI=1S/C14H30/c1-9-12(11(2)3)14(7,8)10-13(4,5)6/h11-12H,9-10H2,1-8H3. The Balaban J connectivity index is 4.57. The normalized spacial score (nSPS) is 16.1. The maximum Gasteiger partial charge on any atom is -0.0319 e. The van der Waals surface area contributed by atoms with Crippen molar-refractivity contribution in [3.8, 4) is 0 Å². The summed E-state index contributed by atoms with van der Waals surface area (Å²) >= 11 is 0. The second-order valence-corrected chi connectivity index (χ2v) is 6.98. The number of hydrogen-bond acceptors (Lipinski definition) is 0. The van der Waals surface area contributed by atoms with Crippen LogP contribution in [-0.2, 0) is 0 Å². The van der Waals surface area contributed by atoms with E-state index in [9.17, 15) is 0 Å². The fraction of sp³-hybridized carbons (Fsp3) is 1.00. The van der Waals surface area contributed by atoms with Crippen molar-refractivity contribution < 1.29 is 0 Å². The van der Waals surface area contributed by atoms with E-state index in [1.807, 2.05) is 0 Å². The molecule has 0 nitrogen and oxygen atoms in total. The van der Waals surface area contributed by atoms with Crippen LogP contribution >= 0.6 is 0 Å². The van der Waals surface area contributed by atoms with E-state index in [0.29, 0.717) is 10.8 Å². The van der Waals surface area contributed by atoms with Gasteiger partial charge < -0.3 is 0 Å².